The minimum atomic E-state index is -5.20. The molecule has 11 heteroatoms. The number of hydrogen-bond donors (Lipinski definition) is 1. The van der Waals surface area contributed by atoms with Crippen molar-refractivity contribution in [1.82, 2.24) is 4.98 Å². The highest BCUT2D eigenvalue weighted by Crippen LogP contribution is 2.29. The molecule has 1 aromatic rings. The van der Waals surface area contributed by atoms with Gasteiger partial charge in [-0.25, -0.2) is 4.79 Å². The molecule has 104 valence electrons. The molecule has 0 aromatic carbocycles. The van der Waals surface area contributed by atoms with E-state index in [2.05, 4.69) is 9.47 Å². The van der Waals surface area contributed by atoms with Gasteiger partial charge in [0.25, 0.3) is 0 Å². The fourth-order valence-electron chi connectivity index (χ4n) is 1.18. The number of pyridine rings is 1. The summed E-state index contributed by atoms with van der Waals surface area (Å²) in [5, 5.41) is 10.6. The summed E-state index contributed by atoms with van der Waals surface area (Å²) in [5.41, 5.74) is -3.97. The first-order valence-electron chi connectivity index (χ1n) is 4.41. The molecule has 19 heavy (non-hydrogen) atoms. The number of halogens is 3. The molecule has 1 aromatic heterocycles. The van der Waals surface area contributed by atoms with Crippen LogP contribution in [0.3, 0.4) is 0 Å². The highest BCUT2D eigenvalue weighted by Gasteiger charge is 2.37. The fourth-order valence-corrected chi connectivity index (χ4v) is 1.18. The van der Waals surface area contributed by atoms with Crippen LogP contribution in [0.25, 0.3) is 0 Å². The van der Waals surface area contributed by atoms with Gasteiger partial charge in [-0.05, 0) is 0 Å². The maximum atomic E-state index is 12.1. The van der Waals surface area contributed by atoms with Crippen LogP contribution in [-0.2, 0) is 4.74 Å². The number of nitro groups is 1. The van der Waals surface area contributed by atoms with Gasteiger partial charge in [-0.2, -0.15) is 0 Å². The van der Waals surface area contributed by atoms with Crippen LogP contribution in [0.15, 0.2) is 11.0 Å². The van der Waals surface area contributed by atoms with E-state index in [0.717, 1.165) is 7.11 Å². The monoisotopic (exact) mass is 282 g/mol. The third-order valence-corrected chi connectivity index (χ3v) is 1.83. The van der Waals surface area contributed by atoms with Crippen LogP contribution >= 0.6 is 0 Å². The maximum absolute atomic E-state index is 12.1. The highest BCUT2D eigenvalue weighted by molar-refractivity contribution is 5.96. The van der Waals surface area contributed by atoms with Crippen molar-refractivity contribution in [3.63, 3.8) is 0 Å². The van der Waals surface area contributed by atoms with Gasteiger partial charge in [-0.15, -0.1) is 13.2 Å². The van der Waals surface area contributed by atoms with E-state index in [1.165, 1.54) is 0 Å². The van der Waals surface area contributed by atoms with Crippen molar-refractivity contribution in [2.45, 2.75) is 6.36 Å². The van der Waals surface area contributed by atoms with E-state index in [1.54, 1.807) is 4.98 Å². The molecule has 0 radical (unpaired) electrons. The van der Waals surface area contributed by atoms with E-state index in [0.29, 0.717) is 6.20 Å². The molecule has 0 bridgehead atoms. The third-order valence-electron chi connectivity index (χ3n) is 1.83. The van der Waals surface area contributed by atoms with Crippen molar-refractivity contribution >= 4 is 11.7 Å². The molecule has 0 spiro atoms. The number of methoxy groups -OCH3 is 1. The van der Waals surface area contributed by atoms with Crippen molar-refractivity contribution in [2.24, 2.45) is 0 Å². The van der Waals surface area contributed by atoms with E-state index in [1.807, 2.05) is 0 Å². The largest absolute Gasteiger partial charge is 0.573 e. The average Bonchev–Trinajstić information content (AvgIpc) is 2.27. The quantitative estimate of drug-likeness (QED) is 0.502. The minimum absolute atomic E-state index is 0.384. The van der Waals surface area contributed by atoms with Crippen molar-refractivity contribution < 1.29 is 32.4 Å². The normalized spacial score (nSPS) is 10.9. The second-order valence-electron chi connectivity index (χ2n) is 3.00. The number of H-pyrrole nitrogens is 1. The Bertz CT molecular complexity index is 579. The SMILES string of the molecule is COC(=O)c1c(OC(F)(F)F)c[nH]c(=O)c1[N+](=O)[O-]. The van der Waals surface area contributed by atoms with Crippen LogP contribution < -0.4 is 10.3 Å². The van der Waals surface area contributed by atoms with Gasteiger partial charge in [0.2, 0.25) is 0 Å². The number of nitrogens with zero attached hydrogens (tertiary/aromatic N) is 1. The molecular formula is C8H5F3N2O6. The molecule has 1 N–H and O–H groups in total. The second kappa shape index (κ2) is 4.96. The number of aromatic amines is 1. The number of carbonyl (C=O) groups excluding carboxylic acids is 1. The standard InChI is InChI=1S/C8H5F3N2O6/c1-18-7(15)4-3(19-8(9,10)11)2-12-6(14)5(4)13(16)17/h2H,1H3,(H,12,14). The average molecular weight is 282 g/mol. The summed E-state index contributed by atoms with van der Waals surface area (Å²) in [6, 6.07) is 0. The summed E-state index contributed by atoms with van der Waals surface area (Å²) < 4.78 is 43.8. The molecule has 0 aliphatic carbocycles. The Morgan fingerprint density at radius 3 is 2.47 bits per heavy atom. The number of rotatable bonds is 3. The Hall–Kier alpha value is -2.59. The first-order valence-corrected chi connectivity index (χ1v) is 4.41. The zero-order valence-electron chi connectivity index (χ0n) is 9.11. The van der Waals surface area contributed by atoms with E-state index in [4.69, 9.17) is 0 Å². The summed E-state index contributed by atoms with van der Waals surface area (Å²) >= 11 is 0. The van der Waals surface area contributed by atoms with Gasteiger partial charge in [-0.1, -0.05) is 0 Å². The Labute approximate surface area is 101 Å². The van der Waals surface area contributed by atoms with Gasteiger partial charge < -0.3 is 14.5 Å². The predicted molar refractivity (Wildman–Crippen MR) is 51.7 cm³/mol. The summed E-state index contributed by atoms with van der Waals surface area (Å²) in [6.45, 7) is 0. The van der Waals surface area contributed by atoms with Crippen LogP contribution in [0.2, 0.25) is 0 Å². The zero-order chi connectivity index (χ0) is 14.8. The van der Waals surface area contributed by atoms with Gasteiger partial charge in [0.05, 0.1) is 12.0 Å². The van der Waals surface area contributed by atoms with Gasteiger partial charge in [0.15, 0.2) is 11.3 Å². The van der Waals surface area contributed by atoms with Gasteiger partial charge >= 0.3 is 23.6 Å². The highest BCUT2D eigenvalue weighted by atomic mass is 19.4. The molecule has 1 rings (SSSR count). The molecule has 0 unspecified atom stereocenters. The topological polar surface area (TPSA) is 112 Å². The predicted octanol–water partition coefficient (Wildman–Crippen LogP) is 0.968. The molecule has 0 amide bonds. The first-order chi connectivity index (χ1) is 8.67. The van der Waals surface area contributed by atoms with Crippen molar-refractivity contribution in [1.29, 1.82) is 0 Å². The van der Waals surface area contributed by atoms with E-state index >= 15 is 0 Å². The Morgan fingerprint density at radius 2 is 2.05 bits per heavy atom. The number of ether oxygens (including phenoxy) is 2. The van der Waals surface area contributed by atoms with Gasteiger partial charge in [-0.3, -0.25) is 14.9 Å². The Balaban J connectivity index is 3.56. The van der Waals surface area contributed by atoms with Crippen molar-refractivity contribution in [3.05, 3.63) is 32.2 Å². The van der Waals surface area contributed by atoms with Crippen LogP contribution in [0.5, 0.6) is 5.75 Å². The number of aromatic nitrogens is 1. The number of esters is 1. The van der Waals surface area contributed by atoms with Crippen LogP contribution in [-0.4, -0.2) is 29.3 Å². The zero-order valence-corrected chi connectivity index (χ0v) is 9.11. The summed E-state index contributed by atoms with van der Waals surface area (Å²) in [4.78, 5) is 33.4. The lowest BCUT2D eigenvalue weighted by Crippen LogP contribution is -2.23. The molecular weight excluding hydrogens is 277 g/mol. The van der Waals surface area contributed by atoms with E-state index in [-0.39, 0.29) is 0 Å². The molecule has 0 aliphatic heterocycles. The molecule has 0 fully saturated rings. The molecule has 1 heterocycles. The summed E-state index contributed by atoms with van der Waals surface area (Å²) in [7, 11) is 0.782. The van der Waals surface area contributed by atoms with Gasteiger partial charge in [0.1, 0.15) is 0 Å². The minimum Gasteiger partial charge on any atom is -0.465 e. The number of hydrogen-bond acceptors (Lipinski definition) is 6. The summed E-state index contributed by atoms with van der Waals surface area (Å²) in [5.74, 6) is -2.73. The first kappa shape index (κ1) is 14.5. The van der Waals surface area contributed by atoms with Crippen molar-refractivity contribution in [2.75, 3.05) is 7.11 Å². The van der Waals surface area contributed by atoms with Crippen LogP contribution in [0.4, 0.5) is 18.9 Å². The molecule has 8 nitrogen and oxygen atoms in total. The van der Waals surface area contributed by atoms with Crippen molar-refractivity contribution in [3.8, 4) is 5.75 Å². The van der Waals surface area contributed by atoms with Crippen LogP contribution in [0, 0.1) is 10.1 Å². The number of alkyl halides is 3. The molecule has 0 saturated carbocycles. The second-order valence-corrected chi connectivity index (χ2v) is 3.00. The molecule has 0 atom stereocenters. The molecule has 0 aliphatic rings. The fraction of sp³-hybridized carbons (Fsp3) is 0.250. The lowest BCUT2D eigenvalue weighted by Gasteiger charge is -2.11. The number of carbonyl (C=O) groups is 1. The van der Waals surface area contributed by atoms with E-state index in [9.17, 15) is 32.9 Å². The lowest BCUT2D eigenvalue weighted by atomic mass is 10.2. The van der Waals surface area contributed by atoms with E-state index < -0.39 is 39.8 Å². The van der Waals surface area contributed by atoms with Gasteiger partial charge in [0, 0.05) is 6.20 Å². The van der Waals surface area contributed by atoms with Crippen LogP contribution in [0.1, 0.15) is 10.4 Å². The Morgan fingerprint density at radius 1 is 1.47 bits per heavy atom. The smallest absolute Gasteiger partial charge is 0.465 e. The lowest BCUT2D eigenvalue weighted by molar-refractivity contribution is -0.386. The number of nitrogens with one attached hydrogen (secondary N) is 1. The third kappa shape index (κ3) is 3.20. The Kier molecular flexibility index (Phi) is 3.77. The summed E-state index contributed by atoms with van der Waals surface area (Å²) in [6.07, 6.45) is -4.82. The molecule has 0 saturated heterocycles. The maximum Gasteiger partial charge on any atom is 0.573 e.